The summed E-state index contributed by atoms with van der Waals surface area (Å²) in [5, 5.41) is 55.7. The van der Waals surface area contributed by atoms with Gasteiger partial charge in [-0.1, -0.05) is 104 Å². The molecule has 0 aromatic carbocycles. The molecule has 0 aliphatic carbocycles. The van der Waals surface area contributed by atoms with Gasteiger partial charge in [-0.15, -0.1) is 0 Å². The zero-order chi connectivity index (χ0) is 57.6. The standard InChI is InChI=1S/C59H90N6O13/c1-11-41-30-36(6)59(63-54(41)72)40(10)52(70)39(9)49(78-59)32-47(68)34(4)20-14-12-15-21-35(5)48-25-17-13-16-24-46(67)38(8)53(71)43(28-27-37(7)66)55(73)62-51(33(2)3)56(74)61-45(31-42-22-18-26-50(69)60-42)57(75)65-29-19-23-44(64-65)58(76)77-48/h12-13,15-18,21-22,24,26,33-34,36,38-41,43-49,51-53,64,67-68,70-71H,11,14,19-20,23,25,27-32H2,1-10H3,(H,60,69)(H,61,74)(H,62,73)(H,63,72)/b15-12-,17-13+,24-16+,35-21+/t34-,36-,38-,39-,40-,41-,43+,44?,45-,46-,47-,48-,49+,51-,52-,53+,59+/m0/s1. The lowest BCUT2D eigenvalue weighted by Gasteiger charge is -2.56. The van der Waals surface area contributed by atoms with Crippen molar-refractivity contribution in [1.29, 1.82) is 0 Å². The molecule has 3 fully saturated rings. The topological polar surface area (TPSA) is 286 Å². The fourth-order valence-electron chi connectivity index (χ4n) is 11.2. The number of aromatic nitrogens is 1. The van der Waals surface area contributed by atoms with E-state index in [1.807, 2.05) is 52.8 Å². The average Bonchev–Trinajstić information content (AvgIpc) is 3.51. The molecule has 17 atom stereocenters. The van der Waals surface area contributed by atoms with Crippen molar-refractivity contribution in [3.05, 3.63) is 82.4 Å². The van der Waals surface area contributed by atoms with Crippen molar-refractivity contribution in [2.45, 2.75) is 200 Å². The Morgan fingerprint density at radius 2 is 1.67 bits per heavy atom. The summed E-state index contributed by atoms with van der Waals surface area (Å²) in [7, 11) is 0. The highest BCUT2D eigenvalue weighted by Gasteiger charge is 2.57. The number of aromatic amines is 1. The van der Waals surface area contributed by atoms with Gasteiger partial charge in [0, 0.05) is 73.6 Å². The van der Waals surface area contributed by atoms with Gasteiger partial charge in [-0.05, 0) is 82.3 Å². The molecule has 4 aliphatic heterocycles. The van der Waals surface area contributed by atoms with Crippen LogP contribution >= 0.6 is 0 Å². The first kappa shape index (κ1) is 63.5. The van der Waals surface area contributed by atoms with Crippen LogP contribution in [0.3, 0.4) is 0 Å². The van der Waals surface area contributed by atoms with Gasteiger partial charge in [0.25, 0.3) is 5.91 Å². The minimum absolute atomic E-state index is 0.0278. The van der Waals surface area contributed by atoms with Crippen LogP contribution in [0.5, 0.6) is 0 Å². The van der Waals surface area contributed by atoms with Crippen LogP contribution in [-0.2, 0) is 44.7 Å². The number of amides is 4. The number of hydrogen-bond donors (Lipinski definition) is 9. The molecule has 1 aromatic rings. The molecule has 4 amide bonds. The van der Waals surface area contributed by atoms with E-state index >= 15 is 0 Å². The number of piperidine rings is 1. The van der Waals surface area contributed by atoms with Gasteiger partial charge in [0.05, 0.1) is 36.4 Å². The summed E-state index contributed by atoms with van der Waals surface area (Å²) in [6, 6.07) is 0.970. The molecule has 19 nitrogen and oxygen atoms in total. The normalized spacial score (nSPS) is 34.9. The number of rotatable bonds is 15. The van der Waals surface area contributed by atoms with Crippen LogP contribution in [0.4, 0.5) is 0 Å². The van der Waals surface area contributed by atoms with Crippen molar-refractivity contribution in [2.24, 2.45) is 47.3 Å². The number of ether oxygens (including phenoxy) is 2. The maximum Gasteiger partial charge on any atom is 0.325 e. The predicted molar refractivity (Wildman–Crippen MR) is 294 cm³/mol. The van der Waals surface area contributed by atoms with Crippen LogP contribution in [0.25, 0.3) is 0 Å². The number of carbonyl (C=O) groups is 6. The van der Waals surface area contributed by atoms with Crippen molar-refractivity contribution in [1.82, 2.24) is 31.4 Å². The molecule has 4 aliphatic rings. The second kappa shape index (κ2) is 29.2. The van der Waals surface area contributed by atoms with E-state index in [4.69, 9.17) is 9.47 Å². The van der Waals surface area contributed by atoms with Crippen molar-refractivity contribution in [3.8, 4) is 0 Å². The molecule has 5 rings (SSSR count). The van der Waals surface area contributed by atoms with E-state index in [-0.39, 0.29) is 73.5 Å². The Kier molecular flexibility index (Phi) is 23.8. The number of aliphatic hydroxyl groups is 4. The Morgan fingerprint density at radius 3 is 2.35 bits per heavy atom. The molecular weight excluding hydrogens is 1000 g/mol. The van der Waals surface area contributed by atoms with Crippen LogP contribution < -0.4 is 26.9 Å². The number of pyridine rings is 1. The number of cyclic esters (lactones) is 1. The highest BCUT2D eigenvalue weighted by atomic mass is 16.5. The number of allylic oxidation sites excluding steroid dienone is 5. The van der Waals surface area contributed by atoms with Crippen molar-refractivity contribution in [3.63, 3.8) is 0 Å². The highest BCUT2D eigenvalue weighted by Crippen LogP contribution is 2.46. The number of carbonyl (C=O) groups excluding carboxylic acids is 6. The molecule has 1 spiro atoms. The molecule has 9 N–H and O–H groups in total. The van der Waals surface area contributed by atoms with Crippen LogP contribution in [0.2, 0.25) is 0 Å². The first-order valence-corrected chi connectivity index (χ1v) is 28.3. The number of esters is 1. The summed E-state index contributed by atoms with van der Waals surface area (Å²) < 4.78 is 12.9. The Bertz CT molecular complexity index is 2400. The minimum atomic E-state index is -1.44. The van der Waals surface area contributed by atoms with Gasteiger partial charge in [-0.25, -0.2) is 5.43 Å². The Labute approximate surface area is 460 Å². The highest BCUT2D eigenvalue weighted by molar-refractivity contribution is 5.93. The number of nitrogens with one attached hydrogen (secondary N) is 5. The molecular formula is C59H90N6O13. The summed E-state index contributed by atoms with van der Waals surface area (Å²) >= 11 is 0. The van der Waals surface area contributed by atoms with Crippen LogP contribution in [-0.4, -0.2) is 133 Å². The smallest absolute Gasteiger partial charge is 0.325 e. The number of Topliss-reactive ketones (excluding diaryl/α,β-unsaturated/α-hetero) is 1. The quantitative estimate of drug-likeness (QED) is 0.0871. The summed E-state index contributed by atoms with van der Waals surface area (Å²) in [5.41, 5.74) is 2.62. The fraction of sp³-hybridized carbons (Fsp3) is 0.678. The molecule has 3 saturated heterocycles. The second-order valence-electron chi connectivity index (χ2n) is 23.0. The lowest BCUT2D eigenvalue weighted by molar-refractivity contribution is -0.267. The number of nitrogens with zero attached hydrogens (tertiary/aromatic N) is 1. The molecule has 2 bridgehead atoms. The van der Waals surface area contributed by atoms with E-state index in [1.165, 1.54) is 30.1 Å². The first-order chi connectivity index (χ1) is 36.9. The van der Waals surface area contributed by atoms with Crippen LogP contribution in [0.15, 0.2) is 71.1 Å². The van der Waals surface area contributed by atoms with Crippen LogP contribution in [0, 0.1) is 47.3 Å². The summed E-state index contributed by atoms with van der Waals surface area (Å²) in [6.07, 6.45) is 10.4. The largest absolute Gasteiger partial charge is 0.456 e. The van der Waals surface area contributed by atoms with Crippen molar-refractivity contribution in [2.75, 3.05) is 6.54 Å². The third-order valence-electron chi connectivity index (χ3n) is 16.8. The number of H-pyrrole nitrogens is 1. The lowest BCUT2D eigenvalue weighted by Crippen LogP contribution is -2.71. The third kappa shape index (κ3) is 16.6. The van der Waals surface area contributed by atoms with Gasteiger partial charge >= 0.3 is 5.97 Å². The van der Waals surface area contributed by atoms with Gasteiger partial charge in [0.15, 0.2) is 0 Å². The number of hydrazine groups is 1. The first-order valence-electron chi connectivity index (χ1n) is 28.3. The van der Waals surface area contributed by atoms with E-state index < -0.39 is 107 Å². The molecule has 0 radical (unpaired) electrons. The fourth-order valence-corrected chi connectivity index (χ4v) is 11.2. The summed E-state index contributed by atoms with van der Waals surface area (Å²) in [5.74, 6) is -6.44. The van der Waals surface area contributed by atoms with Crippen molar-refractivity contribution < 1.29 is 58.7 Å². The van der Waals surface area contributed by atoms with Crippen molar-refractivity contribution >= 4 is 35.4 Å². The van der Waals surface area contributed by atoms with E-state index in [0.717, 1.165) is 6.42 Å². The zero-order valence-electron chi connectivity index (χ0n) is 47.5. The van der Waals surface area contributed by atoms with Crippen LogP contribution in [0.1, 0.15) is 139 Å². The molecule has 1 aromatic heterocycles. The molecule has 434 valence electrons. The maximum absolute atomic E-state index is 14.5. The second-order valence-corrected chi connectivity index (χ2v) is 23.0. The third-order valence-corrected chi connectivity index (χ3v) is 16.8. The Balaban J connectivity index is 1.35. The predicted octanol–water partition coefficient (Wildman–Crippen LogP) is 4.39. The van der Waals surface area contributed by atoms with E-state index in [1.54, 1.807) is 45.1 Å². The minimum Gasteiger partial charge on any atom is -0.456 e. The van der Waals surface area contributed by atoms with Gasteiger partial charge in [0.2, 0.25) is 23.3 Å². The number of ketones is 1. The summed E-state index contributed by atoms with van der Waals surface area (Å²) in [6.45, 7) is 18.2. The van der Waals surface area contributed by atoms with Gasteiger partial charge < -0.3 is 55.6 Å². The zero-order valence-corrected chi connectivity index (χ0v) is 47.5. The van der Waals surface area contributed by atoms with Gasteiger partial charge in [-0.3, -0.25) is 33.8 Å². The number of aliphatic hydroxyl groups excluding tert-OH is 4. The lowest BCUT2D eigenvalue weighted by atomic mass is 9.69. The molecule has 0 saturated carbocycles. The van der Waals surface area contributed by atoms with E-state index in [2.05, 4.69) is 33.3 Å². The molecule has 78 heavy (non-hydrogen) atoms. The number of hydrogen-bond acceptors (Lipinski definition) is 14. The Hall–Kier alpha value is -5.31. The molecule has 1 unspecified atom stereocenters. The van der Waals surface area contributed by atoms with E-state index in [0.29, 0.717) is 49.8 Å². The monoisotopic (exact) mass is 1090 g/mol. The molecule has 19 heteroatoms. The van der Waals surface area contributed by atoms with E-state index in [9.17, 15) is 54.0 Å². The Morgan fingerprint density at radius 1 is 0.936 bits per heavy atom. The SMILES string of the molecule is CC[C@H]1C[C@H](C)[C@@]2(NC1=O)O[C@H](C[C@H](O)[C@@H](C)CC/C=C\C=C(/C)[C@@H]1C/C=C/C=C/[C@H](O)[C@H](C)[C@@H](O)[C@@H](CCC(C)=O)C(=O)N[C@@H](C(C)C)C(=O)N[C@@H](Cc3cccc(=O)[nH]3)C(=O)N3CCCC(N3)C(=O)O1)[C@H](C)[C@H](O)[C@@H]2C. The summed E-state index contributed by atoms with van der Waals surface area (Å²) in [4.78, 5) is 97.1. The number of fused-ring (bicyclic) bond motifs is 2. The van der Waals surface area contributed by atoms with Gasteiger partial charge in [0.1, 0.15) is 35.7 Å². The maximum atomic E-state index is 14.5. The average molecular weight is 1090 g/mol. The van der Waals surface area contributed by atoms with Gasteiger partial charge in [-0.2, -0.15) is 0 Å². The molecule has 5 heterocycles.